The molecule has 2 aliphatic heterocycles. The highest BCUT2D eigenvalue weighted by molar-refractivity contribution is 6.39. The summed E-state index contributed by atoms with van der Waals surface area (Å²) in [5.41, 5.74) is 6.87. The van der Waals surface area contributed by atoms with E-state index in [1.54, 1.807) is 17.7 Å². The van der Waals surface area contributed by atoms with E-state index in [0.29, 0.717) is 77.8 Å². The lowest BCUT2D eigenvalue weighted by molar-refractivity contribution is -0.119. The maximum Gasteiger partial charge on any atom is 0.262 e. The van der Waals surface area contributed by atoms with Crippen LogP contribution in [0.3, 0.4) is 0 Å². The Morgan fingerprint density at radius 3 is 2.46 bits per heavy atom. The van der Waals surface area contributed by atoms with Crippen molar-refractivity contribution >= 4 is 34.8 Å². The quantitative estimate of drug-likeness (QED) is 0.142. The molecule has 2 aromatic carbocycles. The summed E-state index contributed by atoms with van der Waals surface area (Å²) in [6.07, 6.45) is 3.20. The number of benzene rings is 2. The number of hydrogen-bond donors (Lipinski definition) is 4. The summed E-state index contributed by atoms with van der Waals surface area (Å²) in [5.74, 6) is 0.529. The summed E-state index contributed by atoms with van der Waals surface area (Å²) in [6, 6.07) is 19.1. The molecule has 4 N–H and O–H groups in total. The Labute approximate surface area is 311 Å². The van der Waals surface area contributed by atoms with Gasteiger partial charge in [0.1, 0.15) is 5.65 Å². The van der Waals surface area contributed by atoms with Gasteiger partial charge in [0.15, 0.2) is 0 Å². The number of carbonyl (C=O) groups is 1. The molecule has 7 rings (SSSR count). The number of fused-ring (bicyclic) bond motifs is 1. The first kappa shape index (κ1) is 36.0. The summed E-state index contributed by atoms with van der Waals surface area (Å²) < 4.78 is 12.5. The predicted molar refractivity (Wildman–Crippen MR) is 202 cm³/mol. The van der Waals surface area contributed by atoms with Gasteiger partial charge < -0.3 is 30.5 Å². The second-order valence-corrected chi connectivity index (χ2v) is 13.9. The van der Waals surface area contributed by atoms with Crippen molar-refractivity contribution in [2.45, 2.75) is 57.5 Å². The molecule has 5 heterocycles. The number of ether oxygens (including phenoxy) is 2. The average Bonchev–Trinajstić information content (AvgIpc) is 3.57. The molecule has 0 aliphatic carbocycles. The van der Waals surface area contributed by atoms with Gasteiger partial charge >= 0.3 is 0 Å². The molecule has 0 saturated carbocycles. The maximum atomic E-state index is 13.5. The van der Waals surface area contributed by atoms with E-state index in [1.807, 2.05) is 67.6 Å². The van der Waals surface area contributed by atoms with Crippen molar-refractivity contribution in [3.63, 3.8) is 0 Å². The first-order valence-electron chi connectivity index (χ1n) is 17.3. The van der Waals surface area contributed by atoms with Crippen molar-refractivity contribution in [2.75, 3.05) is 26.9 Å². The van der Waals surface area contributed by atoms with Crippen molar-refractivity contribution in [1.29, 1.82) is 0 Å². The Balaban J connectivity index is 1.13. The number of pyridine rings is 2. The van der Waals surface area contributed by atoms with Crippen LogP contribution in [-0.2, 0) is 22.6 Å². The molecular formula is C39H40Cl2N6O5. The van der Waals surface area contributed by atoms with Gasteiger partial charge in [0.2, 0.25) is 11.8 Å². The number of hydrogen-bond acceptors (Lipinski definition) is 9. The highest BCUT2D eigenvalue weighted by Gasteiger charge is 2.24. The van der Waals surface area contributed by atoms with Crippen molar-refractivity contribution in [3.8, 4) is 39.4 Å². The zero-order chi connectivity index (χ0) is 36.4. The molecule has 2 aliphatic rings. The van der Waals surface area contributed by atoms with E-state index >= 15 is 0 Å². The molecule has 3 atom stereocenters. The standard InChI is InChI=1S/C39H40Cl2N6O5/c1-22-30(20-42-19-25-10-12-35(49)45-25)39(50)47-15-13-23(17-34(47)44-22)26-5-3-6-27(36(26)40)28-7-4-8-29(37(28)41)31-11-9-24(38(46-31)51-2)18-43-32-14-16-52-21-33(32)48/h3-9,11,13,15,17,25,32-33,42-43,48H,10,12,14,16,18-21H2,1-2H3,(H,45,49)/t25-,32-,33+/m0/s1. The van der Waals surface area contributed by atoms with Gasteiger partial charge in [-0.1, -0.05) is 65.7 Å². The molecule has 13 heteroatoms. The molecule has 270 valence electrons. The second kappa shape index (κ2) is 15.7. The summed E-state index contributed by atoms with van der Waals surface area (Å²) >= 11 is 14.2. The Morgan fingerprint density at radius 1 is 0.981 bits per heavy atom. The summed E-state index contributed by atoms with van der Waals surface area (Å²) in [6.45, 7) is 4.18. The van der Waals surface area contributed by atoms with E-state index in [4.69, 9.17) is 42.6 Å². The third kappa shape index (κ3) is 7.43. The molecule has 0 spiro atoms. The number of aliphatic hydroxyl groups excluding tert-OH is 1. The minimum absolute atomic E-state index is 0.0615. The van der Waals surface area contributed by atoms with Gasteiger partial charge in [0.25, 0.3) is 5.56 Å². The first-order chi connectivity index (χ1) is 25.2. The van der Waals surface area contributed by atoms with Gasteiger partial charge in [-0.3, -0.25) is 14.0 Å². The third-order valence-electron chi connectivity index (χ3n) is 9.80. The summed E-state index contributed by atoms with van der Waals surface area (Å²) in [7, 11) is 1.58. The molecule has 2 saturated heterocycles. The SMILES string of the molecule is COc1nc(-c2cccc(-c3cccc(-c4ccn5c(=O)c(CNC[C@@H]6CCC(=O)N6)c(C)nc5c4)c3Cl)c2Cl)ccc1CN[C@H]1CCOC[C@H]1O. The van der Waals surface area contributed by atoms with E-state index in [0.717, 1.165) is 46.2 Å². The lowest BCUT2D eigenvalue weighted by atomic mass is 9.97. The molecule has 1 amide bonds. The summed E-state index contributed by atoms with van der Waals surface area (Å²) in [5, 5.41) is 20.9. The monoisotopic (exact) mass is 742 g/mol. The zero-order valence-electron chi connectivity index (χ0n) is 28.9. The molecule has 0 bridgehead atoms. The second-order valence-electron chi connectivity index (χ2n) is 13.2. The van der Waals surface area contributed by atoms with Gasteiger partial charge in [-0.25, -0.2) is 9.97 Å². The van der Waals surface area contributed by atoms with Crippen LogP contribution >= 0.6 is 23.2 Å². The first-order valence-corrected chi connectivity index (χ1v) is 18.1. The Morgan fingerprint density at radius 2 is 1.73 bits per heavy atom. The number of aromatic nitrogens is 3. The summed E-state index contributed by atoms with van der Waals surface area (Å²) in [4.78, 5) is 34.6. The molecule has 3 aromatic heterocycles. The van der Waals surface area contributed by atoms with Crippen LogP contribution in [0.2, 0.25) is 10.0 Å². The molecule has 11 nitrogen and oxygen atoms in total. The lowest BCUT2D eigenvalue weighted by Crippen LogP contribution is -2.46. The third-order valence-corrected chi connectivity index (χ3v) is 10.6. The van der Waals surface area contributed by atoms with Crippen LogP contribution in [0.5, 0.6) is 5.88 Å². The lowest BCUT2D eigenvalue weighted by Gasteiger charge is -2.28. The van der Waals surface area contributed by atoms with E-state index in [-0.39, 0.29) is 23.6 Å². The average molecular weight is 744 g/mol. The number of amides is 1. The Hall–Kier alpha value is -4.36. The fraction of sp³-hybridized carbons (Fsp3) is 0.333. The van der Waals surface area contributed by atoms with E-state index < -0.39 is 6.10 Å². The molecule has 52 heavy (non-hydrogen) atoms. The molecule has 2 fully saturated rings. The van der Waals surface area contributed by atoms with E-state index in [2.05, 4.69) is 16.0 Å². The van der Waals surface area contributed by atoms with Gasteiger partial charge in [0.05, 0.1) is 41.1 Å². The number of rotatable bonds is 11. The fourth-order valence-corrected chi connectivity index (χ4v) is 7.55. The van der Waals surface area contributed by atoms with Crippen LogP contribution in [0.25, 0.3) is 39.2 Å². The minimum atomic E-state index is -0.563. The zero-order valence-corrected chi connectivity index (χ0v) is 30.4. The van der Waals surface area contributed by atoms with Crippen molar-refractivity contribution in [3.05, 3.63) is 104 Å². The topological polar surface area (TPSA) is 139 Å². The van der Waals surface area contributed by atoms with Crippen LogP contribution in [-0.4, -0.2) is 70.4 Å². The Kier molecular flexibility index (Phi) is 10.9. The number of nitrogens with one attached hydrogen (secondary N) is 3. The smallest absolute Gasteiger partial charge is 0.262 e. The van der Waals surface area contributed by atoms with Crippen molar-refractivity contribution < 1.29 is 19.4 Å². The number of aryl methyl sites for hydroxylation is 1. The van der Waals surface area contributed by atoms with Crippen molar-refractivity contribution in [1.82, 2.24) is 30.3 Å². The van der Waals surface area contributed by atoms with Crippen LogP contribution in [0.1, 0.15) is 36.1 Å². The molecule has 5 aromatic rings. The highest BCUT2D eigenvalue weighted by Crippen LogP contribution is 2.42. The Bertz CT molecular complexity index is 2190. The van der Waals surface area contributed by atoms with Crippen LogP contribution < -0.4 is 26.2 Å². The number of nitrogens with zero attached hydrogens (tertiary/aromatic N) is 3. The van der Waals surface area contributed by atoms with Gasteiger partial charge in [-0.2, -0.15) is 0 Å². The van der Waals surface area contributed by atoms with E-state index in [1.165, 1.54) is 0 Å². The number of aliphatic hydroxyl groups is 1. The normalized spacial score (nSPS) is 18.9. The van der Waals surface area contributed by atoms with Crippen LogP contribution in [0.15, 0.2) is 71.7 Å². The predicted octanol–water partition coefficient (Wildman–Crippen LogP) is 5.32. The van der Waals surface area contributed by atoms with Crippen LogP contribution in [0, 0.1) is 6.92 Å². The largest absolute Gasteiger partial charge is 0.481 e. The van der Waals surface area contributed by atoms with E-state index in [9.17, 15) is 14.7 Å². The molecule has 0 radical (unpaired) electrons. The maximum absolute atomic E-state index is 13.5. The number of halogens is 2. The number of methoxy groups -OCH3 is 1. The molecule has 0 unspecified atom stereocenters. The van der Waals surface area contributed by atoms with Gasteiger partial charge in [-0.15, -0.1) is 0 Å². The highest BCUT2D eigenvalue weighted by atomic mass is 35.5. The fourth-order valence-electron chi connectivity index (χ4n) is 6.89. The molecular weight excluding hydrogens is 703 g/mol. The minimum Gasteiger partial charge on any atom is -0.481 e. The number of carbonyl (C=O) groups excluding carboxylic acids is 1. The van der Waals surface area contributed by atoms with Gasteiger partial charge in [-0.05, 0) is 43.5 Å². The van der Waals surface area contributed by atoms with Crippen molar-refractivity contribution in [2.24, 2.45) is 0 Å². The van der Waals surface area contributed by atoms with Gasteiger partial charge in [0, 0.05) is 84.5 Å². The van der Waals surface area contributed by atoms with Crippen LogP contribution in [0.4, 0.5) is 0 Å².